The third-order valence-electron chi connectivity index (χ3n) is 5.11. The average molecular weight is 419 g/mol. The molecule has 0 aliphatic carbocycles. The number of carbonyl (C=O) groups excluding carboxylic acids is 1. The quantitative estimate of drug-likeness (QED) is 0.549. The Morgan fingerprint density at radius 1 is 1.21 bits per heavy atom. The Morgan fingerprint density at radius 3 is 2.83 bits per heavy atom. The highest BCUT2D eigenvalue weighted by Gasteiger charge is 2.25. The first-order valence-electron chi connectivity index (χ1n) is 9.77. The Balaban J connectivity index is 0.00000300. The van der Waals surface area contributed by atoms with E-state index in [1.165, 1.54) is 6.07 Å². The van der Waals surface area contributed by atoms with Crippen molar-refractivity contribution >= 4 is 24.0 Å². The maximum Gasteiger partial charge on any atom is 0.269 e. The van der Waals surface area contributed by atoms with Crippen LogP contribution >= 0.6 is 12.4 Å². The minimum atomic E-state index is -0.406. The number of rotatable bonds is 7. The Labute approximate surface area is 177 Å². The Morgan fingerprint density at radius 2 is 2.07 bits per heavy atom. The highest BCUT2D eigenvalue weighted by atomic mass is 35.5. The average Bonchev–Trinajstić information content (AvgIpc) is 3.00. The first kappa shape index (κ1) is 22.8. The third kappa shape index (κ3) is 6.80. The zero-order chi connectivity index (χ0) is 19.8. The molecule has 1 aromatic carbocycles. The van der Waals surface area contributed by atoms with Crippen LogP contribution < -0.4 is 5.32 Å². The van der Waals surface area contributed by atoms with Gasteiger partial charge in [0, 0.05) is 30.8 Å². The molecule has 7 nitrogen and oxygen atoms in total. The largest absolute Gasteiger partial charge is 0.334 e. The number of hydrogen-bond acceptors (Lipinski definition) is 5. The van der Waals surface area contributed by atoms with Crippen molar-refractivity contribution in [1.29, 1.82) is 0 Å². The number of nitro groups is 1. The molecule has 1 amide bonds. The highest BCUT2D eigenvalue weighted by molar-refractivity contribution is 5.85. The molecule has 0 spiro atoms. The summed E-state index contributed by atoms with van der Waals surface area (Å²) in [6.45, 7) is 2.39. The molecule has 1 unspecified atom stereocenters. The number of halogens is 1. The molecule has 29 heavy (non-hydrogen) atoms. The van der Waals surface area contributed by atoms with Crippen LogP contribution in [0.3, 0.4) is 0 Å². The number of nitrogens with one attached hydrogen (secondary N) is 1. The molecular formula is C21H27ClN4O3. The van der Waals surface area contributed by atoms with Crippen molar-refractivity contribution in [3.05, 3.63) is 70.0 Å². The topological polar surface area (TPSA) is 88.4 Å². The third-order valence-corrected chi connectivity index (χ3v) is 5.11. The summed E-state index contributed by atoms with van der Waals surface area (Å²) in [5.74, 6) is 0.0732. The van der Waals surface area contributed by atoms with Crippen LogP contribution in [0.15, 0.2) is 48.7 Å². The Kier molecular flexibility index (Phi) is 9.02. The van der Waals surface area contributed by atoms with Crippen LogP contribution in [0.1, 0.15) is 36.9 Å². The number of benzene rings is 1. The van der Waals surface area contributed by atoms with Crippen LogP contribution in [0.4, 0.5) is 5.69 Å². The van der Waals surface area contributed by atoms with Gasteiger partial charge in [0.15, 0.2) is 0 Å². The van der Waals surface area contributed by atoms with Gasteiger partial charge in [-0.15, -0.1) is 12.4 Å². The first-order chi connectivity index (χ1) is 13.6. The summed E-state index contributed by atoms with van der Waals surface area (Å²) in [6, 6.07) is 12.4. The van der Waals surface area contributed by atoms with E-state index in [0.717, 1.165) is 43.6 Å². The predicted molar refractivity (Wildman–Crippen MR) is 114 cm³/mol. The van der Waals surface area contributed by atoms with Crippen LogP contribution in [-0.2, 0) is 17.8 Å². The number of nitrogens with zero attached hydrogens (tertiary/aromatic N) is 3. The molecule has 0 saturated carbocycles. The van der Waals surface area contributed by atoms with Crippen LogP contribution in [0.25, 0.3) is 0 Å². The standard InChI is InChI=1S/C21H26N4O3.ClH/c26-21(10-9-17-5-3-7-20(15-17)25(27)28)24(16-18-6-1-2-13-23-18)19-8-4-12-22-14-11-19;/h1-3,5-7,13,15,19,22H,4,8-12,14,16H2;1H. The molecule has 2 heterocycles. The zero-order valence-corrected chi connectivity index (χ0v) is 17.1. The van der Waals surface area contributed by atoms with Gasteiger partial charge in [0.25, 0.3) is 5.69 Å². The van der Waals surface area contributed by atoms with Gasteiger partial charge in [0.1, 0.15) is 0 Å². The second-order valence-corrected chi connectivity index (χ2v) is 7.10. The Hall–Kier alpha value is -2.51. The van der Waals surface area contributed by atoms with Crippen molar-refractivity contribution in [2.24, 2.45) is 0 Å². The summed E-state index contributed by atoms with van der Waals surface area (Å²) in [4.78, 5) is 30.0. The number of aryl methyl sites for hydroxylation is 1. The van der Waals surface area contributed by atoms with E-state index >= 15 is 0 Å². The summed E-state index contributed by atoms with van der Waals surface area (Å²) in [5.41, 5.74) is 1.75. The lowest BCUT2D eigenvalue weighted by Crippen LogP contribution is -2.40. The number of nitro benzene ring substituents is 1. The Bertz CT molecular complexity index is 796. The predicted octanol–water partition coefficient (Wildman–Crippen LogP) is 3.52. The lowest BCUT2D eigenvalue weighted by molar-refractivity contribution is -0.384. The summed E-state index contributed by atoms with van der Waals surface area (Å²) >= 11 is 0. The first-order valence-corrected chi connectivity index (χ1v) is 9.77. The number of carbonyl (C=O) groups is 1. The molecule has 0 bridgehead atoms. The second-order valence-electron chi connectivity index (χ2n) is 7.10. The minimum absolute atomic E-state index is 0. The molecular weight excluding hydrogens is 392 g/mol. The zero-order valence-electron chi connectivity index (χ0n) is 16.3. The van der Waals surface area contributed by atoms with E-state index in [1.54, 1.807) is 18.3 Å². The normalized spacial score (nSPS) is 16.3. The van der Waals surface area contributed by atoms with Gasteiger partial charge in [0.2, 0.25) is 5.91 Å². The lowest BCUT2D eigenvalue weighted by Gasteiger charge is -2.31. The molecule has 1 saturated heterocycles. The molecule has 1 aliphatic heterocycles. The fourth-order valence-corrected chi connectivity index (χ4v) is 3.62. The molecule has 0 radical (unpaired) electrons. The molecule has 1 aromatic heterocycles. The molecule has 1 fully saturated rings. The number of non-ortho nitro benzene ring substituents is 1. The van der Waals surface area contributed by atoms with E-state index in [4.69, 9.17) is 0 Å². The fraction of sp³-hybridized carbons (Fsp3) is 0.429. The van der Waals surface area contributed by atoms with E-state index in [9.17, 15) is 14.9 Å². The van der Waals surface area contributed by atoms with Gasteiger partial charge in [-0.1, -0.05) is 18.2 Å². The van der Waals surface area contributed by atoms with Crippen molar-refractivity contribution in [2.75, 3.05) is 13.1 Å². The van der Waals surface area contributed by atoms with E-state index in [2.05, 4.69) is 10.3 Å². The van der Waals surface area contributed by atoms with Crippen LogP contribution in [0.5, 0.6) is 0 Å². The van der Waals surface area contributed by atoms with Gasteiger partial charge in [0.05, 0.1) is 17.2 Å². The number of amides is 1. The molecule has 3 rings (SSSR count). The van der Waals surface area contributed by atoms with E-state index in [1.807, 2.05) is 29.2 Å². The fourth-order valence-electron chi connectivity index (χ4n) is 3.62. The second kappa shape index (κ2) is 11.5. The number of pyridine rings is 1. The number of aromatic nitrogens is 1. The lowest BCUT2D eigenvalue weighted by atomic mass is 10.0. The van der Waals surface area contributed by atoms with Crippen molar-refractivity contribution < 1.29 is 9.72 Å². The van der Waals surface area contributed by atoms with Crippen molar-refractivity contribution in [2.45, 2.75) is 44.7 Å². The van der Waals surface area contributed by atoms with Gasteiger partial charge in [-0.3, -0.25) is 19.9 Å². The monoisotopic (exact) mass is 418 g/mol. The van der Waals surface area contributed by atoms with Gasteiger partial charge in [-0.2, -0.15) is 0 Å². The van der Waals surface area contributed by atoms with Crippen LogP contribution in [-0.4, -0.2) is 39.8 Å². The maximum absolute atomic E-state index is 13.1. The molecule has 2 aromatic rings. The number of hydrogen-bond donors (Lipinski definition) is 1. The summed E-state index contributed by atoms with van der Waals surface area (Å²) in [7, 11) is 0. The summed E-state index contributed by atoms with van der Waals surface area (Å²) in [5, 5.41) is 14.4. The van der Waals surface area contributed by atoms with Gasteiger partial charge >= 0.3 is 0 Å². The highest BCUT2D eigenvalue weighted by Crippen LogP contribution is 2.19. The van der Waals surface area contributed by atoms with Gasteiger partial charge in [-0.25, -0.2) is 0 Å². The molecule has 1 N–H and O–H groups in total. The van der Waals surface area contributed by atoms with Crippen molar-refractivity contribution in [1.82, 2.24) is 15.2 Å². The minimum Gasteiger partial charge on any atom is -0.334 e. The van der Waals surface area contributed by atoms with Gasteiger partial charge in [-0.05, 0) is 56.5 Å². The molecule has 8 heteroatoms. The summed E-state index contributed by atoms with van der Waals surface area (Å²) < 4.78 is 0. The van der Waals surface area contributed by atoms with Crippen molar-refractivity contribution in [3.63, 3.8) is 0 Å². The SMILES string of the molecule is Cl.O=C(CCc1cccc([N+](=O)[O-])c1)N(Cc1ccccn1)C1CCCNCC1. The smallest absolute Gasteiger partial charge is 0.269 e. The molecule has 1 aliphatic rings. The van der Waals surface area contributed by atoms with Crippen LogP contribution in [0, 0.1) is 10.1 Å². The molecule has 1 atom stereocenters. The van der Waals surface area contributed by atoms with E-state index < -0.39 is 4.92 Å². The van der Waals surface area contributed by atoms with Gasteiger partial charge < -0.3 is 10.2 Å². The maximum atomic E-state index is 13.1. The van der Waals surface area contributed by atoms with Crippen LogP contribution in [0.2, 0.25) is 0 Å². The van der Waals surface area contributed by atoms with E-state index in [0.29, 0.717) is 19.4 Å². The molecule has 156 valence electrons. The summed E-state index contributed by atoms with van der Waals surface area (Å²) in [6.07, 6.45) is 5.51. The van der Waals surface area contributed by atoms with Crippen molar-refractivity contribution in [3.8, 4) is 0 Å². The van der Waals surface area contributed by atoms with E-state index in [-0.39, 0.29) is 30.0 Å².